The van der Waals surface area contributed by atoms with Gasteiger partial charge in [-0.1, -0.05) is 31.5 Å². The average Bonchev–Trinajstić information content (AvgIpc) is 2.19. The van der Waals surface area contributed by atoms with E-state index in [4.69, 9.17) is 0 Å². The van der Waals surface area contributed by atoms with E-state index in [-0.39, 0.29) is 31.0 Å². The zero-order valence-electron chi connectivity index (χ0n) is 10.1. The number of rotatable bonds is 5. The van der Waals surface area contributed by atoms with Gasteiger partial charge in [-0.15, -0.1) is 0 Å². The van der Waals surface area contributed by atoms with Gasteiger partial charge < -0.3 is 1.43 Å². The topological polar surface area (TPSA) is 34.1 Å². The van der Waals surface area contributed by atoms with E-state index in [2.05, 4.69) is 6.92 Å². The first-order valence-corrected chi connectivity index (χ1v) is 7.60. The molecule has 0 N–H and O–H groups in total. The van der Waals surface area contributed by atoms with Crippen LogP contribution in [0.5, 0.6) is 0 Å². The van der Waals surface area contributed by atoms with E-state index in [1.807, 2.05) is 6.07 Å². The van der Waals surface area contributed by atoms with E-state index < -0.39 is 8.87 Å². The van der Waals surface area contributed by atoms with E-state index in [9.17, 15) is 8.42 Å². The minimum absolute atomic E-state index is 0. The third-order valence-electron chi connectivity index (χ3n) is 1.77. The second-order valence-electron chi connectivity index (χ2n) is 2.94. The van der Waals surface area contributed by atoms with E-state index in [0.29, 0.717) is 10.6 Å². The molecule has 0 amide bonds. The third kappa shape index (κ3) is 5.41. The second-order valence-corrected chi connectivity index (χ2v) is 6.99. The number of hydrogen-bond donors (Lipinski definition) is 0. The minimum Gasteiger partial charge on any atom is -1.00 e. The summed E-state index contributed by atoms with van der Waals surface area (Å²) in [6.45, 7) is 2.05. The molecular weight excluding hydrogens is 239 g/mol. The van der Waals surface area contributed by atoms with Gasteiger partial charge in [0.15, 0.2) is 0 Å². The summed E-state index contributed by atoms with van der Waals surface area (Å²) in [5.41, 5.74) is 0. The molecule has 15 heavy (non-hydrogen) atoms. The van der Waals surface area contributed by atoms with Gasteiger partial charge >= 0.3 is 29.6 Å². The smallest absolute Gasteiger partial charge is 1.00 e. The predicted octanol–water partition coefficient (Wildman–Crippen LogP) is 0.0251. The fraction of sp³-hybridized carbons (Fsp3) is 0.400. The maximum atomic E-state index is 11.7. The average molecular weight is 254 g/mol. The molecule has 0 aliphatic heterocycles. The second kappa shape index (κ2) is 7.74. The van der Waals surface area contributed by atoms with E-state index in [1.165, 1.54) is 0 Å². The first-order valence-electron chi connectivity index (χ1n) is 4.61. The van der Waals surface area contributed by atoms with E-state index in [0.717, 1.165) is 23.6 Å². The van der Waals surface area contributed by atoms with Gasteiger partial charge in [-0.3, -0.25) is 0 Å². The van der Waals surface area contributed by atoms with Crippen LogP contribution in [0.4, 0.5) is 0 Å². The summed E-state index contributed by atoms with van der Waals surface area (Å²) < 4.78 is 23.3. The van der Waals surface area contributed by atoms with Crippen LogP contribution in [0.1, 0.15) is 21.2 Å². The molecular formula is C10H15NaO2S2. The van der Waals surface area contributed by atoms with Crippen molar-refractivity contribution in [1.29, 1.82) is 0 Å². The summed E-state index contributed by atoms with van der Waals surface area (Å²) in [6, 6.07) is 8.57. The summed E-state index contributed by atoms with van der Waals surface area (Å²) in [5, 5.41) is 0. The Bertz CT molecular complexity index is 368. The molecule has 5 heteroatoms. The predicted molar refractivity (Wildman–Crippen MR) is 62.1 cm³/mol. The van der Waals surface area contributed by atoms with Gasteiger partial charge in [-0.2, -0.15) is 0 Å². The summed E-state index contributed by atoms with van der Waals surface area (Å²) in [5.74, 6) is 0.674. The van der Waals surface area contributed by atoms with Crippen molar-refractivity contribution in [3.63, 3.8) is 0 Å². The van der Waals surface area contributed by atoms with Crippen LogP contribution in [0.3, 0.4) is 0 Å². The fourth-order valence-corrected chi connectivity index (χ4v) is 3.97. The minimum atomic E-state index is -3.12. The first kappa shape index (κ1) is 15.5. The number of benzene rings is 1. The maximum absolute atomic E-state index is 11.7. The third-order valence-corrected chi connectivity index (χ3v) is 5.39. The Kier molecular flexibility index (Phi) is 8.01. The molecule has 0 aliphatic rings. The molecule has 0 unspecified atom stereocenters. The molecule has 80 valence electrons. The molecule has 0 fully saturated rings. The molecule has 0 saturated carbocycles. The van der Waals surface area contributed by atoms with Crippen molar-refractivity contribution in [3.8, 4) is 0 Å². The normalized spacial score (nSPS) is 10.7. The monoisotopic (exact) mass is 254 g/mol. The zero-order chi connectivity index (χ0) is 10.4. The van der Waals surface area contributed by atoms with Crippen molar-refractivity contribution in [2.45, 2.75) is 24.7 Å². The van der Waals surface area contributed by atoms with Crippen LogP contribution < -0.4 is 29.6 Å². The maximum Gasteiger partial charge on any atom is 1.00 e. The molecule has 2 nitrogen and oxygen atoms in total. The first-order chi connectivity index (χ1) is 6.67. The van der Waals surface area contributed by atoms with E-state index in [1.54, 1.807) is 24.3 Å². The van der Waals surface area contributed by atoms with Crippen LogP contribution >= 0.6 is 10.8 Å². The van der Waals surface area contributed by atoms with Gasteiger partial charge in [0.05, 0.1) is 4.90 Å². The van der Waals surface area contributed by atoms with Crippen LogP contribution in [0.2, 0.25) is 0 Å². The van der Waals surface area contributed by atoms with Gasteiger partial charge in [-0.25, -0.2) is 8.42 Å². The van der Waals surface area contributed by atoms with Gasteiger partial charge in [0.1, 0.15) is 0 Å². The quantitative estimate of drug-likeness (QED) is 0.422. The fourth-order valence-electron chi connectivity index (χ4n) is 0.968. The largest absolute Gasteiger partial charge is 1.00 e. The van der Waals surface area contributed by atoms with Crippen molar-refractivity contribution in [3.05, 3.63) is 30.3 Å². The van der Waals surface area contributed by atoms with Gasteiger partial charge in [0.25, 0.3) is 0 Å². The summed E-state index contributed by atoms with van der Waals surface area (Å²) >= 11 is 0. The molecule has 0 aromatic heterocycles. The van der Waals surface area contributed by atoms with Gasteiger partial charge in [0, 0.05) is 5.75 Å². The van der Waals surface area contributed by atoms with Crippen molar-refractivity contribution in [2.24, 2.45) is 0 Å². The Labute approximate surface area is 119 Å². The van der Waals surface area contributed by atoms with Crippen molar-refractivity contribution in [2.75, 3.05) is 5.75 Å². The van der Waals surface area contributed by atoms with Crippen LogP contribution in [0, 0.1) is 0 Å². The molecule has 0 radical (unpaired) electrons. The standard InChI is InChI=1S/C10H14O2S2.Na.H/c1-2-3-9-13-14(11,12)10-7-5-4-6-8-10;;/h4-8H,2-3,9H2,1H3;;/q;+1;-1. The molecule has 0 saturated heterocycles. The van der Waals surface area contributed by atoms with Crippen molar-refractivity contribution < 1.29 is 39.4 Å². The Morgan fingerprint density at radius 1 is 1.27 bits per heavy atom. The summed E-state index contributed by atoms with van der Waals surface area (Å²) in [4.78, 5) is 0.404. The Hall–Kier alpha value is 0.520. The van der Waals surface area contributed by atoms with Crippen molar-refractivity contribution >= 4 is 19.7 Å². The summed E-state index contributed by atoms with van der Waals surface area (Å²) in [6.07, 6.45) is 1.97. The SMILES string of the molecule is CCCCSS(=O)(=O)c1ccccc1.[H-].[Na+]. The number of unbranched alkanes of at least 4 members (excludes halogenated alkanes) is 1. The van der Waals surface area contributed by atoms with Crippen molar-refractivity contribution in [1.82, 2.24) is 0 Å². The summed E-state index contributed by atoms with van der Waals surface area (Å²) in [7, 11) is -2.09. The molecule has 0 heterocycles. The Morgan fingerprint density at radius 2 is 1.87 bits per heavy atom. The zero-order valence-corrected chi connectivity index (χ0v) is 12.8. The Balaban J connectivity index is 0. The van der Waals surface area contributed by atoms with Crippen LogP contribution in [0.15, 0.2) is 35.2 Å². The molecule has 1 aromatic rings. The van der Waals surface area contributed by atoms with Crippen LogP contribution in [-0.2, 0) is 8.87 Å². The molecule has 0 aliphatic carbocycles. The molecule has 1 rings (SSSR count). The van der Waals surface area contributed by atoms with Gasteiger partial charge in [0.2, 0.25) is 8.87 Å². The molecule has 0 spiro atoms. The molecule has 0 bridgehead atoms. The number of hydrogen-bond acceptors (Lipinski definition) is 3. The van der Waals surface area contributed by atoms with E-state index >= 15 is 0 Å². The molecule has 0 atom stereocenters. The molecule has 1 aromatic carbocycles. The Morgan fingerprint density at radius 3 is 2.40 bits per heavy atom. The van der Waals surface area contributed by atoms with Crippen LogP contribution in [-0.4, -0.2) is 14.2 Å². The van der Waals surface area contributed by atoms with Crippen LogP contribution in [0.25, 0.3) is 0 Å². The van der Waals surface area contributed by atoms with Gasteiger partial charge in [-0.05, 0) is 29.3 Å².